The van der Waals surface area contributed by atoms with Gasteiger partial charge >= 0.3 is 0 Å². The van der Waals surface area contributed by atoms with Crippen molar-refractivity contribution in [1.29, 1.82) is 0 Å². The fraction of sp³-hybridized carbons (Fsp3) is 0.900. The Bertz CT molecular complexity index is 165. The number of hydrogen-bond acceptors (Lipinski definition) is 3. The van der Waals surface area contributed by atoms with Crippen LogP contribution < -0.4 is 11.1 Å². The van der Waals surface area contributed by atoms with E-state index in [0.29, 0.717) is 18.9 Å². The minimum absolute atomic E-state index is 0.294. The van der Waals surface area contributed by atoms with Gasteiger partial charge in [-0.2, -0.15) is 0 Å². The maximum atomic E-state index is 11.7. The number of unbranched alkanes of at least 4 members (excludes halogenated alkanes) is 1. The van der Waals surface area contributed by atoms with Crippen LogP contribution in [-0.2, 0) is 4.79 Å². The Morgan fingerprint density at radius 2 is 2.14 bits per heavy atom. The summed E-state index contributed by atoms with van der Waals surface area (Å²) in [5.41, 5.74) is 5.38. The Labute approximate surface area is 85.8 Å². The average Bonchev–Trinajstić information content (AvgIpc) is 2.46. The summed E-state index contributed by atoms with van der Waals surface area (Å²) in [4.78, 5) is 13.7. The SMILES string of the molecule is NCCCCC(=O)N1CCCNCC1. The molecule has 1 rings (SSSR count). The van der Waals surface area contributed by atoms with Crippen molar-refractivity contribution < 1.29 is 4.79 Å². The zero-order valence-electron chi connectivity index (χ0n) is 8.80. The van der Waals surface area contributed by atoms with Gasteiger partial charge in [0.15, 0.2) is 0 Å². The third kappa shape index (κ3) is 4.07. The standard InChI is InChI=1S/C10H21N3O/c11-5-2-1-4-10(14)13-8-3-6-12-7-9-13/h12H,1-9,11H2. The largest absolute Gasteiger partial charge is 0.341 e. The van der Waals surface area contributed by atoms with Crippen molar-refractivity contribution in [3.63, 3.8) is 0 Å². The van der Waals surface area contributed by atoms with Crippen LogP contribution in [0.1, 0.15) is 25.7 Å². The van der Waals surface area contributed by atoms with Crippen LogP contribution >= 0.6 is 0 Å². The highest BCUT2D eigenvalue weighted by Crippen LogP contribution is 2.02. The smallest absolute Gasteiger partial charge is 0.222 e. The van der Waals surface area contributed by atoms with Crippen LogP contribution in [0.4, 0.5) is 0 Å². The minimum atomic E-state index is 0.294. The van der Waals surface area contributed by atoms with E-state index in [4.69, 9.17) is 5.73 Å². The lowest BCUT2D eigenvalue weighted by atomic mass is 10.2. The van der Waals surface area contributed by atoms with Gasteiger partial charge in [0.1, 0.15) is 0 Å². The van der Waals surface area contributed by atoms with Gasteiger partial charge in [-0.15, -0.1) is 0 Å². The first kappa shape index (κ1) is 11.5. The van der Waals surface area contributed by atoms with E-state index in [1.165, 1.54) is 0 Å². The molecule has 0 aromatic heterocycles. The van der Waals surface area contributed by atoms with Crippen LogP contribution in [-0.4, -0.2) is 43.5 Å². The van der Waals surface area contributed by atoms with Gasteiger partial charge in [-0.3, -0.25) is 4.79 Å². The van der Waals surface area contributed by atoms with Crippen LogP contribution in [0.3, 0.4) is 0 Å². The molecule has 14 heavy (non-hydrogen) atoms. The van der Waals surface area contributed by atoms with Gasteiger partial charge < -0.3 is 16.0 Å². The van der Waals surface area contributed by atoms with Crippen molar-refractivity contribution in [3.8, 4) is 0 Å². The summed E-state index contributed by atoms with van der Waals surface area (Å²) < 4.78 is 0. The molecule has 1 aliphatic rings. The molecule has 0 unspecified atom stereocenters. The Kier molecular flexibility index (Phi) is 5.56. The molecular weight excluding hydrogens is 178 g/mol. The second kappa shape index (κ2) is 6.79. The van der Waals surface area contributed by atoms with Gasteiger partial charge in [-0.05, 0) is 32.4 Å². The van der Waals surface area contributed by atoms with E-state index in [1.54, 1.807) is 0 Å². The molecule has 0 radical (unpaired) electrons. The number of nitrogens with one attached hydrogen (secondary N) is 1. The molecule has 0 spiro atoms. The molecule has 82 valence electrons. The first-order chi connectivity index (χ1) is 6.84. The number of nitrogens with two attached hydrogens (primary N) is 1. The van der Waals surface area contributed by atoms with Crippen molar-refractivity contribution in [2.24, 2.45) is 5.73 Å². The zero-order valence-corrected chi connectivity index (χ0v) is 8.80. The fourth-order valence-corrected chi connectivity index (χ4v) is 1.67. The summed E-state index contributed by atoms with van der Waals surface area (Å²) in [6, 6.07) is 0. The highest BCUT2D eigenvalue weighted by molar-refractivity contribution is 5.76. The van der Waals surface area contributed by atoms with Crippen LogP contribution in [0.2, 0.25) is 0 Å². The molecule has 1 aliphatic heterocycles. The van der Waals surface area contributed by atoms with E-state index in [0.717, 1.165) is 45.4 Å². The third-order valence-electron chi connectivity index (χ3n) is 2.54. The van der Waals surface area contributed by atoms with Gasteiger partial charge in [0, 0.05) is 26.1 Å². The van der Waals surface area contributed by atoms with E-state index in [9.17, 15) is 4.79 Å². The predicted molar refractivity (Wildman–Crippen MR) is 57.0 cm³/mol. The lowest BCUT2D eigenvalue weighted by Crippen LogP contribution is -2.34. The molecule has 3 N–H and O–H groups in total. The topological polar surface area (TPSA) is 58.4 Å². The van der Waals surface area contributed by atoms with E-state index in [2.05, 4.69) is 5.32 Å². The van der Waals surface area contributed by atoms with Crippen LogP contribution in [0, 0.1) is 0 Å². The van der Waals surface area contributed by atoms with Crippen LogP contribution in [0.15, 0.2) is 0 Å². The number of hydrogen-bond donors (Lipinski definition) is 2. The minimum Gasteiger partial charge on any atom is -0.341 e. The number of carbonyl (C=O) groups is 1. The summed E-state index contributed by atoms with van der Waals surface area (Å²) in [5, 5.41) is 3.29. The molecule has 0 saturated carbocycles. The predicted octanol–water partition coefficient (Wildman–Crippen LogP) is -0.0627. The Morgan fingerprint density at radius 1 is 1.29 bits per heavy atom. The van der Waals surface area contributed by atoms with E-state index < -0.39 is 0 Å². The maximum absolute atomic E-state index is 11.7. The molecule has 1 amide bonds. The zero-order chi connectivity index (χ0) is 10.2. The van der Waals surface area contributed by atoms with Gasteiger partial charge in [-0.1, -0.05) is 0 Å². The monoisotopic (exact) mass is 199 g/mol. The first-order valence-electron chi connectivity index (χ1n) is 5.53. The summed E-state index contributed by atoms with van der Waals surface area (Å²) in [5.74, 6) is 0.294. The lowest BCUT2D eigenvalue weighted by molar-refractivity contribution is -0.131. The summed E-state index contributed by atoms with van der Waals surface area (Å²) in [7, 11) is 0. The molecule has 4 heteroatoms. The van der Waals surface area contributed by atoms with E-state index >= 15 is 0 Å². The molecule has 1 saturated heterocycles. The molecule has 1 heterocycles. The second-order valence-corrected chi connectivity index (χ2v) is 3.73. The first-order valence-corrected chi connectivity index (χ1v) is 5.53. The average molecular weight is 199 g/mol. The third-order valence-corrected chi connectivity index (χ3v) is 2.54. The van der Waals surface area contributed by atoms with Crippen LogP contribution in [0.5, 0.6) is 0 Å². The molecular formula is C10H21N3O. The molecule has 0 aromatic rings. The number of amides is 1. The van der Waals surface area contributed by atoms with Crippen LogP contribution in [0.25, 0.3) is 0 Å². The highest BCUT2D eigenvalue weighted by atomic mass is 16.2. The maximum Gasteiger partial charge on any atom is 0.222 e. The molecule has 1 fully saturated rings. The van der Waals surface area contributed by atoms with Gasteiger partial charge in [0.2, 0.25) is 5.91 Å². The van der Waals surface area contributed by atoms with E-state index in [-0.39, 0.29) is 0 Å². The molecule has 0 aliphatic carbocycles. The van der Waals surface area contributed by atoms with Crippen molar-refractivity contribution in [3.05, 3.63) is 0 Å². The van der Waals surface area contributed by atoms with Gasteiger partial charge in [0.25, 0.3) is 0 Å². The van der Waals surface area contributed by atoms with Crippen molar-refractivity contribution >= 4 is 5.91 Å². The van der Waals surface area contributed by atoms with E-state index in [1.807, 2.05) is 4.90 Å². The summed E-state index contributed by atoms with van der Waals surface area (Å²) in [6.07, 6.45) is 3.62. The summed E-state index contributed by atoms with van der Waals surface area (Å²) >= 11 is 0. The summed E-state index contributed by atoms with van der Waals surface area (Å²) in [6.45, 7) is 4.43. The quantitative estimate of drug-likeness (QED) is 0.624. The molecule has 0 bridgehead atoms. The van der Waals surface area contributed by atoms with Crippen molar-refractivity contribution in [1.82, 2.24) is 10.2 Å². The number of carbonyl (C=O) groups excluding carboxylic acids is 1. The number of nitrogens with zero attached hydrogens (tertiary/aromatic N) is 1. The van der Waals surface area contributed by atoms with Gasteiger partial charge in [-0.25, -0.2) is 0 Å². The lowest BCUT2D eigenvalue weighted by Gasteiger charge is -2.19. The number of rotatable bonds is 4. The second-order valence-electron chi connectivity index (χ2n) is 3.73. The highest BCUT2D eigenvalue weighted by Gasteiger charge is 2.13. The normalized spacial score (nSPS) is 17.9. The molecule has 0 aromatic carbocycles. The molecule has 4 nitrogen and oxygen atoms in total. The van der Waals surface area contributed by atoms with Crippen molar-refractivity contribution in [2.45, 2.75) is 25.7 Å². The molecule has 0 atom stereocenters. The van der Waals surface area contributed by atoms with Gasteiger partial charge in [0.05, 0.1) is 0 Å². The fourth-order valence-electron chi connectivity index (χ4n) is 1.67. The van der Waals surface area contributed by atoms with Crippen molar-refractivity contribution in [2.75, 3.05) is 32.7 Å². The Hall–Kier alpha value is -0.610. The Balaban J connectivity index is 2.20. The Morgan fingerprint density at radius 3 is 2.93 bits per heavy atom.